The van der Waals surface area contributed by atoms with Crippen LogP contribution in [-0.2, 0) is 9.59 Å². The third-order valence-electron chi connectivity index (χ3n) is 4.67. The van der Waals surface area contributed by atoms with Crippen LogP contribution in [0.4, 0.5) is 10.1 Å². The number of anilines is 1. The molecule has 0 aliphatic carbocycles. The second-order valence-corrected chi connectivity index (χ2v) is 7.36. The maximum absolute atomic E-state index is 12.9. The SMILES string of the molecule is CN1CCN(C(CNC(=O)C(=O)Nc2ccc(F)cc2)c2ccsc2)CC1. The highest BCUT2D eigenvalue weighted by Gasteiger charge is 2.25. The highest BCUT2D eigenvalue weighted by Crippen LogP contribution is 2.23. The lowest BCUT2D eigenvalue weighted by molar-refractivity contribution is -0.136. The van der Waals surface area contributed by atoms with Gasteiger partial charge in [-0.2, -0.15) is 11.3 Å². The molecule has 0 saturated carbocycles. The van der Waals surface area contributed by atoms with Gasteiger partial charge < -0.3 is 15.5 Å². The van der Waals surface area contributed by atoms with Crippen LogP contribution in [-0.4, -0.2) is 61.4 Å². The molecule has 0 radical (unpaired) electrons. The molecule has 8 heteroatoms. The van der Waals surface area contributed by atoms with Crippen molar-refractivity contribution < 1.29 is 14.0 Å². The Morgan fingerprint density at radius 1 is 1.11 bits per heavy atom. The van der Waals surface area contributed by atoms with E-state index in [0.29, 0.717) is 12.2 Å². The smallest absolute Gasteiger partial charge is 0.313 e. The van der Waals surface area contributed by atoms with Crippen molar-refractivity contribution in [3.8, 4) is 0 Å². The maximum atomic E-state index is 12.9. The fourth-order valence-electron chi connectivity index (χ4n) is 3.05. The summed E-state index contributed by atoms with van der Waals surface area (Å²) in [5, 5.41) is 9.30. The summed E-state index contributed by atoms with van der Waals surface area (Å²) in [5.41, 5.74) is 1.52. The van der Waals surface area contributed by atoms with Crippen LogP contribution >= 0.6 is 11.3 Å². The van der Waals surface area contributed by atoms with Gasteiger partial charge in [-0.05, 0) is 53.7 Å². The molecule has 1 unspecified atom stereocenters. The zero-order chi connectivity index (χ0) is 19.2. The highest BCUT2D eigenvalue weighted by molar-refractivity contribution is 7.08. The number of thiophene rings is 1. The molecule has 27 heavy (non-hydrogen) atoms. The lowest BCUT2D eigenvalue weighted by Crippen LogP contribution is -2.49. The first kappa shape index (κ1) is 19.5. The molecule has 3 rings (SSSR count). The van der Waals surface area contributed by atoms with Crippen LogP contribution in [0.25, 0.3) is 0 Å². The molecule has 1 aliphatic heterocycles. The summed E-state index contributed by atoms with van der Waals surface area (Å²) in [6.07, 6.45) is 0. The highest BCUT2D eigenvalue weighted by atomic mass is 32.1. The monoisotopic (exact) mass is 390 g/mol. The Morgan fingerprint density at radius 3 is 2.44 bits per heavy atom. The van der Waals surface area contributed by atoms with Crippen molar-refractivity contribution in [3.05, 3.63) is 52.5 Å². The average molecular weight is 390 g/mol. The Labute approximate surface area is 162 Å². The molecule has 1 aliphatic rings. The fraction of sp³-hybridized carbons (Fsp3) is 0.368. The molecular weight excluding hydrogens is 367 g/mol. The van der Waals surface area contributed by atoms with Crippen LogP contribution < -0.4 is 10.6 Å². The van der Waals surface area contributed by atoms with Crippen molar-refractivity contribution in [2.75, 3.05) is 45.1 Å². The van der Waals surface area contributed by atoms with E-state index in [1.165, 1.54) is 24.3 Å². The largest absolute Gasteiger partial charge is 0.346 e. The molecule has 1 saturated heterocycles. The Hall–Kier alpha value is -2.29. The van der Waals surface area contributed by atoms with Crippen molar-refractivity contribution in [1.82, 2.24) is 15.1 Å². The first-order chi connectivity index (χ1) is 13.0. The Balaban J connectivity index is 1.58. The standard InChI is InChI=1S/C19H23FN4O2S/c1-23-7-9-24(10-8-23)17(14-6-11-27-13-14)12-21-18(25)19(26)22-16-4-2-15(20)3-5-16/h2-6,11,13,17H,7-10,12H2,1H3,(H,21,25)(H,22,26). The van der Waals surface area contributed by atoms with E-state index >= 15 is 0 Å². The van der Waals surface area contributed by atoms with Crippen LogP contribution in [0.2, 0.25) is 0 Å². The first-order valence-corrected chi connectivity index (χ1v) is 9.76. The molecule has 1 aromatic carbocycles. The number of carbonyl (C=O) groups excluding carboxylic acids is 2. The Morgan fingerprint density at radius 2 is 1.81 bits per heavy atom. The van der Waals surface area contributed by atoms with Crippen molar-refractivity contribution in [3.63, 3.8) is 0 Å². The van der Waals surface area contributed by atoms with Gasteiger partial charge in [0.1, 0.15) is 5.82 Å². The van der Waals surface area contributed by atoms with E-state index in [1.807, 2.05) is 5.38 Å². The molecule has 2 N–H and O–H groups in total. The average Bonchev–Trinajstić information content (AvgIpc) is 3.19. The van der Waals surface area contributed by atoms with Crippen molar-refractivity contribution in [1.29, 1.82) is 0 Å². The van der Waals surface area contributed by atoms with Crippen LogP contribution in [0.5, 0.6) is 0 Å². The molecule has 0 bridgehead atoms. The van der Waals surface area contributed by atoms with Crippen LogP contribution in [0.1, 0.15) is 11.6 Å². The van der Waals surface area contributed by atoms with Gasteiger partial charge in [0.15, 0.2) is 0 Å². The quantitative estimate of drug-likeness (QED) is 0.766. The third kappa shape index (κ3) is 5.35. The van der Waals surface area contributed by atoms with Gasteiger partial charge in [-0.3, -0.25) is 14.5 Å². The number of likely N-dealkylation sites (N-methyl/N-ethyl adjacent to an activating group) is 1. The minimum absolute atomic E-state index is 0.0347. The van der Waals surface area contributed by atoms with Gasteiger partial charge in [0.05, 0.1) is 6.04 Å². The number of piperazine rings is 1. The fourth-order valence-corrected chi connectivity index (χ4v) is 3.75. The number of nitrogens with zero attached hydrogens (tertiary/aromatic N) is 2. The van der Waals surface area contributed by atoms with E-state index in [4.69, 9.17) is 0 Å². The summed E-state index contributed by atoms with van der Waals surface area (Å²) >= 11 is 1.62. The Kier molecular flexibility index (Phi) is 6.54. The molecule has 6 nitrogen and oxygen atoms in total. The number of hydrogen-bond donors (Lipinski definition) is 2. The number of benzene rings is 1. The summed E-state index contributed by atoms with van der Waals surface area (Å²) in [6.45, 7) is 4.12. The predicted octanol–water partition coefficient (Wildman–Crippen LogP) is 1.93. The minimum atomic E-state index is -0.760. The van der Waals surface area contributed by atoms with E-state index in [2.05, 4.69) is 38.9 Å². The number of carbonyl (C=O) groups is 2. The van der Waals surface area contributed by atoms with E-state index in [9.17, 15) is 14.0 Å². The molecular formula is C19H23FN4O2S. The Bertz CT molecular complexity index is 759. The lowest BCUT2D eigenvalue weighted by Gasteiger charge is -2.37. The summed E-state index contributed by atoms with van der Waals surface area (Å²) in [6, 6.07) is 7.38. The summed E-state index contributed by atoms with van der Waals surface area (Å²) in [5.74, 6) is -1.86. The van der Waals surface area contributed by atoms with Gasteiger partial charge in [-0.1, -0.05) is 0 Å². The van der Waals surface area contributed by atoms with Gasteiger partial charge in [-0.15, -0.1) is 0 Å². The molecule has 1 atom stereocenters. The van der Waals surface area contributed by atoms with Gasteiger partial charge >= 0.3 is 11.8 Å². The number of hydrogen-bond acceptors (Lipinski definition) is 5. The number of nitrogens with one attached hydrogen (secondary N) is 2. The van der Waals surface area contributed by atoms with Crippen LogP contribution in [0.3, 0.4) is 0 Å². The summed E-state index contributed by atoms with van der Waals surface area (Å²) in [4.78, 5) is 28.9. The predicted molar refractivity (Wildman–Crippen MR) is 104 cm³/mol. The molecule has 1 aromatic heterocycles. The van der Waals surface area contributed by atoms with Crippen LogP contribution in [0.15, 0.2) is 41.1 Å². The molecule has 2 amide bonds. The van der Waals surface area contributed by atoms with E-state index in [0.717, 1.165) is 31.7 Å². The normalized spacial score (nSPS) is 16.7. The molecule has 0 spiro atoms. The van der Waals surface area contributed by atoms with Crippen molar-refractivity contribution >= 4 is 28.8 Å². The van der Waals surface area contributed by atoms with Gasteiger partial charge in [-0.25, -0.2) is 4.39 Å². The second kappa shape index (κ2) is 9.07. The number of halogens is 1. The van der Waals surface area contributed by atoms with Crippen molar-refractivity contribution in [2.24, 2.45) is 0 Å². The summed E-state index contributed by atoms with van der Waals surface area (Å²) < 4.78 is 12.9. The van der Waals surface area contributed by atoms with Gasteiger partial charge in [0.25, 0.3) is 0 Å². The van der Waals surface area contributed by atoms with Gasteiger partial charge in [0.2, 0.25) is 0 Å². The topological polar surface area (TPSA) is 64.7 Å². The van der Waals surface area contributed by atoms with E-state index in [-0.39, 0.29) is 6.04 Å². The zero-order valence-corrected chi connectivity index (χ0v) is 16.0. The van der Waals surface area contributed by atoms with Gasteiger partial charge in [0, 0.05) is 38.4 Å². The molecule has 2 heterocycles. The van der Waals surface area contributed by atoms with Crippen LogP contribution in [0, 0.1) is 5.82 Å². The third-order valence-corrected chi connectivity index (χ3v) is 5.37. The summed E-state index contributed by atoms with van der Waals surface area (Å²) in [7, 11) is 2.10. The molecule has 144 valence electrons. The lowest BCUT2D eigenvalue weighted by atomic mass is 10.1. The number of rotatable bonds is 5. The minimum Gasteiger partial charge on any atom is -0.346 e. The van der Waals surface area contributed by atoms with E-state index in [1.54, 1.807) is 11.3 Å². The first-order valence-electron chi connectivity index (χ1n) is 8.82. The molecule has 1 fully saturated rings. The zero-order valence-electron chi connectivity index (χ0n) is 15.2. The number of amides is 2. The molecule has 2 aromatic rings. The maximum Gasteiger partial charge on any atom is 0.313 e. The second-order valence-electron chi connectivity index (χ2n) is 6.58. The van der Waals surface area contributed by atoms with E-state index < -0.39 is 17.6 Å². The van der Waals surface area contributed by atoms with Crippen molar-refractivity contribution in [2.45, 2.75) is 6.04 Å².